The quantitative estimate of drug-likeness (QED) is 0.248. The standard InChI is InChI=1S/C8H14BrNO6/c9-1-3(12)6(14)5(10)8(16)7(15)4(13)2-11/h4-5,7-8,11,13,15-16H,1-2,10H2/t4-,5+,7+,8-/m1/s1. The Bertz CT molecular complexity index is 261. The van der Waals surface area contributed by atoms with Crippen molar-refractivity contribution in [2.75, 3.05) is 11.9 Å². The summed E-state index contributed by atoms with van der Waals surface area (Å²) in [6.07, 6.45) is -5.25. The van der Waals surface area contributed by atoms with Gasteiger partial charge in [-0.1, -0.05) is 15.9 Å². The first-order valence-corrected chi connectivity index (χ1v) is 5.52. The number of rotatable bonds is 7. The number of aliphatic hydroxyl groups is 4. The van der Waals surface area contributed by atoms with Gasteiger partial charge in [-0.05, 0) is 0 Å². The molecular weight excluding hydrogens is 286 g/mol. The van der Waals surface area contributed by atoms with E-state index in [-0.39, 0.29) is 5.33 Å². The van der Waals surface area contributed by atoms with Gasteiger partial charge in [0.15, 0.2) is 0 Å². The molecule has 0 rings (SSSR count). The molecule has 7 nitrogen and oxygen atoms in total. The minimum absolute atomic E-state index is 0.245. The van der Waals surface area contributed by atoms with Gasteiger partial charge in [-0.2, -0.15) is 0 Å². The lowest BCUT2D eigenvalue weighted by Gasteiger charge is -2.24. The maximum atomic E-state index is 11.2. The first-order chi connectivity index (χ1) is 7.36. The van der Waals surface area contributed by atoms with Gasteiger partial charge in [0.05, 0.1) is 11.9 Å². The largest absolute Gasteiger partial charge is 0.394 e. The molecule has 0 fully saturated rings. The van der Waals surface area contributed by atoms with Crippen LogP contribution in [0.1, 0.15) is 0 Å². The van der Waals surface area contributed by atoms with E-state index in [1.54, 1.807) is 0 Å². The van der Waals surface area contributed by atoms with Gasteiger partial charge in [0.1, 0.15) is 24.4 Å². The van der Waals surface area contributed by atoms with E-state index in [0.29, 0.717) is 0 Å². The van der Waals surface area contributed by atoms with E-state index in [9.17, 15) is 19.8 Å². The fourth-order valence-electron chi connectivity index (χ4n) is 0.955. The molecule has 0 aromatic rings. The molecule has 0 aliphatic heterocycles. The summed E-state index contributed by atoms with van der Waals surface area (Å²) in [6, 6.07) is -1.64. The second kappa shape index (κ2) is 7.05. The zero-order valence-electron chi connectivity index (χ0n) is 8.28. The minimum atomic E-state index is -1.82. The van der Waals surface area contributed by atoms with Gasteiger partial charge >= 0.3 is 0 Å². The summed E-state index contributed by atoms with van der Waals surface area (Å²) in [7, 11) is 0. The highest BCUT2D eigenvalue weighted by Crippen LogP contribution is 2.05. The molecule has 0 unspecified atom stereocenters. The maximum Gasteiger partial charge on any atom is 0.218 e. The zero-order chi connectivity index (χ0) is 12.9. The first-order valence-electron chi connectivity index (χ1n) is 4.40. The second-order valence-electron chi connectivity index (χ2n) is 3.18. The van der Waals surface area contributed by atoms with Crippen molar-refractivity contribution in [3.63, 3.8) is 0 Å². The van der Waals surface area contributed by atoms with Crippen LogP contribution in [0, 0.1) is 0 Å². The lowest BCUT2D eigenvalue weighted by molar-refractivity contribution is -0.140. The Balaban J connectivity index is 4.54. The molecule has 16 heavy (non-hydrogen) atoms. The number of carbonyl (C=O) groups is 2. The molecule has 0 saturated heterocycles. The average Bonchev–Trinajstić information content (AvgIpc) is 2.32. The molecule has 4 atom stereocenters. The predicted octanol–water partition coefficient (Wildman–Crippen LogP) is -3.08. The molecule has 0 radical (unpaired) electrons. The van der Waals surface area contributed by atoms with Crippen LogP contribution in [0.15, 0.2) is 0 Å². The van der Waals surface area contributed by atoms with Crippen molar-refractivity contribution in [3.8, 4) is 0 Å². The summed E-state index contributed by atoms with van der Waals surface area (Å²) < 4.78 is 0. The van der Waals surface area contributed by atoms with Crippen molar-refractivity contribution in [2.45, 2.75) is 24.4 Å². The number of alkyl halides is 1. The van der Waals surface area contributed by atoms with Crippen molar-refractivity contribution in [1.82, 2.24) is 0 Å². The molecule has 0 saturated carbocycles. The molecule has 0 aromatic carbocycles. The molecule has 0 spiro atoms. The molecule has 0 heterocycles. The Morgan fingerprint density at radius 1 is 1.19 bits per heavy atom. The number of carbonyl (C=O) groups excluding carboxylic acids is 2. The minimum Gasteiger partial charge on any atom is -0.394 e. The molecular formula is C8H14BrNO6. The second-order valence-corrected chi connectivity index (χ2v) is 3.74. The fraction of sp³-hybridized carbons (Fsp3) is 0.750. The Morgan fingerprint density at radius 2 is 1.69 bits per heavy atom. The summed E-state index contributed by atoms with van der Waals surface area (Å²) in [6.45, 7) is -0.800. The highest BCUT2D eigenvalue weighted by atomic mass is 79.9. The van der Waals surface area contributed by atoms with Crippen LogP contribution >= 0.6 is 15.9 Å². The predicted molar refractivity (Wildman–Crippen MR) is 56.9 cm³/mol. The van der Waals surface area contributed by atoms with Crippen LogP contribution in [-0.4, -0.2) is 68.3 Å². The lowest BCUT2D eigenvalue weighted by Crippen LogP contribution is -2.54. The molecule has 0 aliphatic rings. The molecule has 6 N–H and O–H groups in total. The van der Waals surface area contributed by atoms with Crippen LogP contribution in [0.25, 0.3) is 0 Å². The molecule has 94 valence electrons. The summed E-state index contributed by atoms with van der Waals surface area (Å²) in [5.74, 6) is -1.91. The van der Waals surface area contributed by atoms with Crippen molar-refractivity contribution < 1.29 is 30.0 Å². The van der Waals surface area contributed by atoms with Crippen molar-refractivity contribution in [1.29, 1.82) is 0 Å². The van der Waals surface area contributed by atoms with Gasteiger partial charge in [0, 0.05) is 0 Å². The van der Waals surface area contributed by atoms with E-state index in [0.717, 1.165) is 0 Å². The number of hydrogen-bond donors (Lipinski definition) is 5. The van der Waals surface area contributed by atoms with Gasteiger partial charge < -0.3 is 26.2 Å². The third-order valence-electron chi connectivity index (χ3n) is 2.00. The fourth-order valence-corrected chi connectivity index (χ4v) is 1.23. The van der Waals surface area contributed by atoms with E-state index in [4.69, 9.17) is 15.9 Å². The van der Waals surface area contributed by atoms with Crippen LogP contribution < -0.4 is 5.73 Å². The molecule has 0 aliphatic carbocycles. The van der Waals surface area contributed by atoms with Crippen molar-refractivity contribution >= 4 is 27.5 Å². The molecule has 0 bridgehead atoms. The topological polar surface area (TPSA) is 141 Å². The van der Waals surface area contributed by atoms with E-state index in [1.165, 1.54) is 0 Å². The van der Waals surface area contributed by atoms with Crippen molar-refractivity contribution in [3.05, 3.63) is 0 Å². The maximum absolute atomic E-state index is 11.2. The summed E-state index contributed by atoms with van der Waals surface area (Å²) in [5.41, 5.74) is 5.24. The number of nitrogens with two attached hydrogens (primary N) is 1. The summed E-state index contributed by atoms with van der Waals surface area (Å²) in [4.78, 5) is 22.1. The Labute approximate surface area is 100 Å². The summed E-state index contributed by atoms with van der Waals surface area (Å²) >= 11 is 2.75. The van der Waals surface area contributed by atoms with Crippen molar-refractivity contribution in [2.24, 2.45) is 5.73 Å². The van der Waals surface area contributed by atoms with Gasteiger partial charge in [-0.25, -0.2) is 0 Å². The van der Waals surface area contributed by atoms with Crippen LogP contribution in [0.5, 0.6) is 0 Å². The normalized spacial score (nSPS) is 18.6. The van der Waals surface area contributed by atoms with Gasteiger partial charge in [0.2, 0.25) is 11.6 Å². The third kappa shape index (κ3) is 3.89. The van der Waals surface area contributed by atoms with E-state index >= 15 is 0 Å². The van der Waals surface area contributed by atoms with E-state index < -0.39 is 42.5 Å². The van der Waals surface area contributed by atoms with E-state index in [2.05, 4.69) is 15.9 Å². The molecule has 0 aromatic heterocycles. The number of Topliss-reactive ketones (excluding diaryl/α,β-unsaturated/α-hetero) is 2. The monoisotopic (exact) mass is 299 g/mol. The van der Waals surface area contributed by atoms with Gasteiger partial charge in [0.25, 0.3) is 0 Å². The van der Waals surface area contributed by atoms with Crippen LogP contribution in [0.3, 0.4) is 0 Å². The zero-order valence-corrected chi connectivity index (χ0v) is 9.87. The smallest absolute Gasteiger partial charge is 0.218 e. The van der Waals surface area contributed by atoms with Crippen LogP contribution in [-0.2, 0) is 9.59 Å². The van der Waals surface area contributed by atoms with Gasteiger partial charge in [-0.3, -0.25) is 9.59 Å². The lowest BCUT2D eigenvalue weighted by atomic mass is 9.97. The number of halogens is 1. The molecule has 0 amide bonds. The van der Waals surface area contributed by atoms with Gasteiger partial charge in [-0.15, -0.1) is 0 Å². The number of aliphatic hydroxyl groups excluding tert-OH is 4. The van der Waals surface area contributed by atoms with E-state index in [1.807, 2.05) is 0 Å². The first kappa shape index (κ1) is 15.6. The SMILES string of the molecule is N[C@@H](C(=O)C(=O)CBr)[C@@H](O)[C@@H](O)[C@H](O)CO. The highest BCUT2D eigenvalue weighted by Gasteiger charge is 2.35. The number of hydrogen-bond acceptors (Lipinski definition) is 7. The Hall–Kier alpha value is -0.380. The number of ketones is 2. The third-order valence-corrected chi connectivity index (χ3v) is 2.51. The Morgan fingerprint density at radius 3 is 2.06 bits per heavy atom. The highest BCUT2D eigenvalue weighted by molar-refractivity contribution is 9.09. The molecule has 8 heteroatoms. The van der Waals surface area contributed by atoms with Crippen LogP contribution in [0.2, 0.25) is 0 Å². The average molecular weight is 300 g/mol. The Kier molecular flexibility index (Phi) is 6.88. The summed E-state index contributed by atoms with van der Waals surface area (Å²) in [5, 5.41) is 35.9. The van der Waals surface area contributed by atoms with Crippen LogP contribution in [0.4, 0.5) is 0 Å².